The van der Waals surface area contributed by atoms with E-state index in [9.17, 15) is 0 Å². The molecule has 21 heavy (non-hydrogen) atoms. The number of fused-ring (bicyclic) bond motifs is 1. The van der Waals surface area contributed by atoms with Crippen molar-refractivity contribution in [1.82, 2.24) is 5.32 Å². The molecule has 0 spiro atoms. The fourth-order valence-corrected chi connectivity index (χ4v) is 3.69. The molecular weight excluding hydrogens is 326 g/mol. The molecule has 0 bridgehead atoms. The normalized spacial score (nSPS) is 19.2. The van der Waals surface area contributed by atoms with Gasteiger partial charge in [-0.2, -0.15) is 0 Å². The van der Waals surface area contributed by atoms with Gasteiger partial charge in [0.15, 0.2) is 4.67 Å². The molecule has 1 N–H and O–H groups in total. The van der Waals surface area contributed by atoms with Crippen LogP contribution in [-0.2, 0) is 6.42 Å². The van der Waals surface area contributed by atoms with E-state index >= 15 is 0 Å². The number of furan rings is 1. The highest BCUT2D eigenvalue weighted by Gasteiger charge is 2.30. The largest absolute Gasteiger partial charge is 0.453 e. The lowest BCUT2D eigenvalue weighted by Gasteiger charge is -2.32. The zero-order chi connectivity index (χ0) is 14.7. The number of hydrogen-bond donors (Lipinski definition) is 1. The van der Waals surface area contributed by atoms with Crippen molar-refractivity contribution in [2.24, 2.45) is 0 Å². The predicted molar refractivity (Wildman–Crippen MR) is 89.6 cm³/mol. The number of rotatable bonds is 5. The standard InChI is InChI=1S/C18H22BrNO/c1-2-12-20-18(16-10-11-17(19)21-16)15-9-5-7-13-6-3-4-8-14(13)15/h3-4,6,8,10-11,15,18,20H,2,5,7,9,12H2,1H3. The molecule has 1 heterocycles. The Kier molecular flexibility index (Phi) is 4.81. The van der Waals surface area contributed by atoms with Crippen LogP contribution in [0.15, 0.2) is 45.5 Å². The molecule has 3 heteroatoms. The fraction of sp³-hybridized carbons (Fsp3) is 0.444. The lowest BCUT2D eigenvalue weighted by Crippen LogP contribution is -2.29. The van der Waals surface area contributed by atoms with Gasteiger partial charge in [-0.15, -0.1) is 0 Å². The van der Waals surface area contributed by atoms with Gasteiger partial charge in [-0.1, -0.05) is 31.2 Å². The molecule has 1 aromatic carbocycles. The second-order valence-electron chi connectivity index (χ2n) is 5.77. The molecule has 2 atom stereocenters. The highest BCUT2D eigenvalue weighted by Crippen LogP contribution is 2.41. The lowest BCUT2D eigenvalue weighted by molar-refractivity contribution is 0.336. The number of benzene rings is 1. The first-order valence-corrected chi connectivity index (χ1v) is 8.65. The molecule has 2 aromatic rings. The molecule has 0 fully saturated rings. The van der Waals surface area contributed by atoms with Gasteiger partial charge in [-0.05, 0) is 71.4 Å². The number of halogens is 1. The summed E-state index contributed by atoms with van der Waals surface area (Å²) >= 11 is 3.43. The molecule has 0 radical (unpaired) electrons. The molecule has 0 saturated carbocycles. The Morgan fingerprint density at radius 2 is 2.14 bits per heavy atom. The SMILES string of the molecule is CCCNC(c1ccc(Br)o1)C1CCCc2ccccc21. The van der Waals surface area contributed by atoms with Gasteiger partial charge in [0.05, 0.1) is 6.04 Å². The predicted octanol–water partition coefficient (Wildman–Crippen LogP) is 5.20. The maximum Gasteiger partial charge on any atom is 0.169 e. The lowest BCUT2D eigenvalue weighted by atomic mass is 9.78. The molecule has 1 aliphatic carbocycles. The zero-order valence-electron chi connectivity index (χ0n) is 12.4. The Labute approximate surface area is 135 Å². The molecule has 1 aromatic heterocycles. The summed E-state index contributed by atoms with van der Waals surface area (Å²) in [4.78, 5) is 0. The summed E-state index contributed by atoms with van der Waals surface area (Å²) in [6.45, 7) is 3.22. The quantitative estimate of drug-likeness (QED) is 0.803. The van der Waals surface area contributed by atoms with Gasteiger partial charge in [-0.3, -0.25) is 0 Å². The summed E-state index contributed by atoms with van der Waals surface area (Å²) < 4.78 is 6.68. The highest BCUT2D eigenvalue weighted by atomic mass is 79.9. The number of hydrogen-bond acceptors (Lipinski definition) is 2. The zero-order valence-corrected chi connectivity index (χ0v) is 14.0. The Morgan fingerprint density at radius 3 is 2.90 bits per heavy atom. The fourth-order valence-electron chi connectivity index (χ4n) is 3.37. The van der Waals surface area contributed by atoms with E-state index < -0.39 is 0 Å². The van der Waals surface area contributed by atoms with Crippen molar-refractivity contribution in [1.29, 1.82) is 0 Å². The third kappa shape index (κ3) is 3.24. The minimum atomic E-state index is 0.262. The van der Waals surface area contributed by atoms with Gasteiger partial charge >= 0.3 is 0 Å². The van der Waals surface area contributed by atoms with Crippen molar-refractivity contribution in [3.63, 3.8) is 0 Å². The molecule has 2 unspecified atom stereocenters. The second kappa shape index (κ2) is 6.80. The maximum atomic E-state index is 5.87. The number of aryl methyl sites for hydroxylation is 1. The third-order valence-electron chi connectivity index (χ3n) is 4.33. The van der Waals surface area contributed by atoms with Gasteiger partial charge in [0.1, 0.15) is 5.76 Å². The van der Waals surface area contributed by atoms with E-state index in [1.54, 1.807) is 0 Å². The van der Waals surface area contributed by atoms with E-state index in [4.69, 9.17) is 4.42 Å². The molecule has 2 nitrogen and oxygen atoms in total. The molecular formula is C18H22BrNO. The van der Waals surface area contributed by atoms with Crippen LogP contribution in [0.2, 0.25) is 0 Å². The topological polar surface area (TPSA) is 25.2 Å². The summed E-state index contributed by atoms with van der Waals surface area (Å²) in [5.74, 6) is 1.54. The van der Waals surface area contributed by atoms with Gasteiger partial charge in [0, 0.05) is 5.92 Å². The number of nitrogens with one attached hydrogen (secondary N) is 1. The maximum absolute atomic E-state index is 5.87. The minimum Gasteiger partial charge on any atom is -0.453 e. The summed E-state index contributed by atoms with van der Waals surface area (Å²) in [5.41, 5.74) is 2.99. The summed E-state index contributed by atoms with van der Waals surface area (Å²) in [6.07, 6.45) is 4.81. The first-order valence-electron chi connectivity index (χ1n) is 7.86. The molecule has 3 rings (SSSR count). The van der Waals surface area contributed by atoms with E-state index in [0.717, 1.165) is 23.4 Å². The van der Waals surface area contributed by atoms with E-state index in [0.29, 0.717) is 5.92 Å². The van der Waals surface area contributed by atoms with E-state index in [1.807, 2.05) is 6.07 Å². The second-order valence-corrected chi connectivity index (χ2v) is 6.55. The van der Waals surface area contributed by atoms with Crippen LogP contribution in [0.3, 0.4) is 0 Å². The average Bonchev–Trinajstić information content (AvgIpc) is 2.94. The Balaban J connectivity index is 1.93. The van der Waals surface area contributed by atoms with Crippen LogP contribution in [0.25, 0.3) is 0 Å². The first-order chi connectivity index (χ1) is 10.3. The van der Waals surface area contributed by atoms with Crippen LogP contribution in [0.5, 0.6) is 0 Å². The highest BCUT2D eigenvalue weighted by molar-refractivity contribution is 9.10. The molecule has 0 amide bonds. The van der Waals surface area contributed by atoms with Crippen LogP contribution < -0.4 is 5.32 Å². The average molecular weight is 348 g/mol. The van der Waals surface area contributed by atoms with Crippen LogP contribution in [0.4, 0.5) is 0 Å². The van der Waals surface area contributed by atoms with Crippen molar-refractivity contribution < 1.29 is 4.42 Å². The molecule has 1 aliphatic rings. The Hall–Kier alpha value is -1.06. The van der Waals surface area contributed by atoms with E-state index in [2.05, 4.69) is 58.5 Å². The van der Waals surface area contributed by atoms with Crippen LogP contribution in [-0.4, -0.2) is 6.54 Å². The summed E-state index contributed by atoms with van der Waals surface area (Å²) in [5, 5.41) is 3.70. The molecule has 0 saturated heterocycles. The third-order valence-corrected chi connectivity index (χ3v) is 4.76. The van der Waals surface area contributed by atoms with Crippen LogP contribution in [0.1, 0.15) is 55.0 Å². The minimum absolute atomic E-state index is 0.262. The van der Waals surface area contributed by atoms with Crippen molar-refractivity contribution in [2.45, 2.75) is 44.6 Å². The van der Waals surface area contributed by atoms with Crippen molar-refractivity contribution in [2.75, 3.05) is 6.54 Å². The van der Waals surface area contributed by atoms with Crippen LogP contribution in [0, 0.1) is 0 Å². The Morgan fingerprint density at radius 1 is 1.29 bits per heavy atom. The van der Waals surface area contributed by atoms with E-state index in [-0.39, 0.29) is 6.04 Å². The smallest absolute Gasteiger partial charge is 0.169 e. The molecule has 0 aliphatic heterocycles. The van der Waals surface area contributed by atoms with Gasteiger partial charge < -0.3 is 9.73 Å². The van der Waals surface area contributed by atoms with Crippen molar-refractivity contribution in [3.05, 3.63) is 58.0 Å². The summed E-state index contributed by atoms with van der Waals surface area (Å²) in [7, 11) is 0. The van der Waals surface area contributed by atoms with Crippen LogP contribution >= 0.6 is 15.9 Å². The van der Waals surface area contributed by atoms with Gasteiger partial charge in [-0.25, -0.2) is 0 Å². The van der Waals surface area contributed by atoms with Gasteiger partial charge in [0.2, 0.25) is 0 Å². The van der Waals surface area contributed by atoms with Gasteiger partial charge in [0.25, 0.3) is 0 Å². The van der Waals surface area contributed by atoms with E-state index in [1.165, 1.54) is 30.4 Å². The first kappa shape index (κ1) is 14.9. The molecule has 112 valence electrons. The van der Waals surface area contributed by atoms with Crippen molar-refractivity contribution >= 4 is 15.9 Å². The monoisotopic (exact) mass is 347 g/mol. The summed E-state index contributed by atoms with van der Waals surface area (Å²) in [6, 6.07) is 13.2. The van der Waals surface area contributed by atoms with Crippen molar-refractivity contribution in [3.8, 4) is 0 Å². The Bertz CT molecular complexity index is 592.